The molecule has 0 aliphatic rings. The lowest BCUT2D eigenvalue weighted by molar-refractivity contribution is -0.144. The van der Waals surface area contributed by atoms with Crippen LogP contribution in [0.3, 0.4) is 0 Å². The molecule has 0 aliphatic heterocycles. The van der Waals surface area contributed by atoms with Crippen LogP contribution in [-0.2, 0) is 24.0 Å². The predicted octanol–water partition coefficient (Wildman–Crippen LogP) is 3.00. The van der Waals surface area contributed by atoms with Gasteiger partial charge in [0.2, 0.25) is 5.43 Å². The normalized spacial score (nSPS) is 13.2. The topological polar surface area (TPSA) is 52.0 Å². The maximum absolute atomic E-state index is 14.0. The van der Waals surface area contributed by atoms with E-state index in [-0.39, 0.29) is 15.5 Å². The van der Waals surface area contributed by atoms with Gasteiger partial charge in [0.1, 0.15) is 17.2 Å². The molecule has 0 fully saturated rings. The molecule has 4 nitrogen and oxygen atoms in total. The lowest BCUT2D eigenvalue weighted by atomic mass is 10.1. The molecule has 0 N–H and O–H groups in total. The molecule has 124 valence electrons. The van der Waals surface area contributed by atoms with Crippen molar-refractivity contribution in [3.8, 4) is 11.3 Å². The second-order valence-corrected chi connectivity index (χ2v) is 6.34. The molecule has 23 heavy (non-hydrogen) atoms. The van der Waals surface area contributed by atoms with E-state index < -0.39 is 39.6 Å². The van der Waals surface area contributed by atoms with Gasteiger partial charge in [-0.25, -0.2) is 4.39 Å². The summed E-state index contributed by atoms with van der Waals surface area (Å²) < 4.78 is 64.2. The number of hydrogen-bond donors (Lipinski definition) is 0. The van der Waals surface area contributed by atoms with Gasteiger partial charge in [0, 0.05) is 24.9 Å². The summed E-state index contributed by atoms with van der Waals surface area (Å²) in [6.45, 7) is 0. The van der Waals surface area contributed by atoms with Crippen LogP contribution in [-0.4, -0.2) is 20.2 Å². The van der Waals surface area contributed by atoms with Crippen LogP contribution in [0.2, 0.25) is 5.02 Å². The lowest BCUT2D eigenvalue weighted by Gasteiger charge is -2.13. The average molecular weight is 369 g/mol. The van der Waals surface area contributed by atoms with Crippen LogP contribution in [0.15, 0.2) is 27.9 Å². The highest BCUT2D eigenvalue weighted by atomic mass is 35.5. The third-order valence-corrected chi connectivity index (χ3v) is 4.36. The van der Waals surface area contributed by atoms with Gasteiger partial charge in [0.05, 0.1) is 20.7 Å². The number of hydrogen-bond acceptors (Lipinski definition) is 3. The second kappa shape index (κ2) is 6.04. The fourth-order valence-electron chi connectivity index (χ4n) is 1.92. The summed E-state index contributed by atoms with van der Waals surface area (Å²) in [6, 6.07) is 2.22. The maximum Gasteiger partial charge on any atom is 0.433 e. The monoisotopic (exact) mass is 368 g/mol. The molecule has 1 aromatic heterocycles. The van der Waals surface area contributed by atoms with Gasteiger partial charge in [0.15, 0.2) is 0 Å². The highest BCUT2D eigenvalue weighted by Crippen LogP contribution is 2.30. The summed E-state index contributed by atoms with van der Waals surface area (Å²) in [5, 5.41) is 3.39. The van der Waals surface area contributed by atoms with Crippen LogP contribution in [0.4, 0.5) is 17.6 Å². The van der Waals surface area contributed by atoms with E-state index in [1.165, 1.54) is 6.26 Å². The summed E-state index contributed by atoms with van der Waals surface area (Å²) >= 11 is 5.75. The van der Waals surface area contributed by atoms with E-state index in [1.807, 2.05) is 0 Å². The standard InChI is InChI=1S/C13H9ClF4N2O2S/c1-20-11(13(16,17)18)5-9(21)12(19-20)6-3-10(23(2)22)7(14)4-8(6)15/h3-5H,1-2H3. The molecule has 10 heteroatoms. The summed E-state index contributed by atoms with van der Waals surface area (Å²) in [4.78, 5) is 12.0. The first-order chi connectivity index (χ1) is 10.5. The Morgan fingerprint density at radius 1 is 1.26 bits per heavy atom. The van der Waals surface area contributed by atoms with Crippen LogP contribution in [0.5, 0.6) is 0 Å². The van der Waals surface area contributed by atoms with Crippen molar-refractivity contribution in [1.29, 1.82) is 0 Å². The predicted molar refractivity (Wildman–Crippen MR) is 77.2 cm³/mol. The molecule has 2 aromatic rings. The molecular weight excluding hydrogens is 360 g/mol. The quantitative estimate of drug-likeness (QED) is 0.766. The Morgan fingerprint density at radius 2 is 1.87 bits per heavy atom. The van der Waals surface area contributed by atoms with E-state index in [1.54, 1.807) is 0 Å². The van der Waals surface area contributed by atoms with E-state index >= 15 is 0 Å². The number of halogens is 5. The van der Waals surface area contributed by atoms with Gasteiger partial charge >= 0.3 is 6.18 Å². The molecule has 0 spiro atoms. The fourth-order valence-corrected chi connectivity index (χ4v) is 3.02. The molecule has 0 saturated carbocycles. The van der Waals surface area contributed by atoms with E-state index in [9.17, 15) is 26.6 Å². The third-order valence-electron chi connectivity index (χ3n) is 2.98. The van der Waals surface area contributed by atoms with Gasteiger partial charge < -0.3 is 0 Å². The zero-order valence-electron chi connectivity index (χ0n) is 11.7. The van der Waals surface area contributed by atoms with Crippen molar-refractivity contribution in [3.63, 3.8) is 0 Å². The van der Waals surface area contributed by atoms with Crippen molar-refractivity contribution in [2.75, 3.05) is 6.26 Å². The van der Waals surface area contributed by atoms with Gasteiger partial charge in [-0.1, -0.05) is 11.6 Å². The minimum absolute atomic E-state index is 0.0480. The number of rotatable bonds is 2. The molecule has 0 saturated heterocycles. The third kappa shape index (κ3) is 3.45. The van der Waals surface area contributed by atoms with Crippen molar-refractivity contribution in [1.82, 2.24) is 9.78 Å². The fraction of sp³-hybridized carbons (Fsp3) is 0.231. The molecule has 2 rings (SSSR count). The molecule has 0 radical (unpaired) electrons. The highest BCUT2D eigenvalue weighted by molar-refractivity contribution is 7.84. The smallest absolute Gasteiger partial charge is 0.287 e. The minimum Gasteiger partial charge on any atom is -0.287 e. The van der Waals surface area contributed by atoms with E-state index in [0.717, 1.165) is 19.2 Å². The molecule has 1 aromatic carbocycles. The number of alkyl halides is 3. The number of nitrogens with zero attached hydrogens (tertiary/aromatic N) is 2. The first-order valence-corrected chi connectivity index (χ1v) is 7.94. The van der Waals surface area contributed by atoms with Gasteiger partial charge in [-0.05, 0) is 12.1 Å². The zero-order chi connectivity index (χ0) is 17.5. The number of aromatic nitrogens is 2. The molecule has 0 aliphatic carbocycles. The van der Waals surface area contributed by atoms with Gasteiger partial charge in [-0.3, -0.25) is 13.7 Å². The van der Waals surface area contributed by atoms with Gasteiger partial charge in [0.25, 0.3) is 0 Å². The molecule has 0 bridgehead atoms. The first-order valence-electron chi connectivity index (χ1n) is 6.00. The minimum atomic E-state index is -4.77. The Balaban J connectivity index is 2.74. The van der Waals surface area contributed by atoms with Crippen molar-refractivity contribution in [2.24, 2.45) is 7.05 Å². The highest BCUT2D eigenvalue weighted by Gasteiger charge is 2.34. The van der Waals surface area contributed by atoms with Crippen LogP contribution in [0, 0.1) is 5.82 Å². The van der Waals surface area contributed by atoms with Crippen molar-refractivity contribution in [3.05, 3.63) is 45.0 Å². The summed E-state index contributed by atoms with van der Waals surface area (Å²) in [7, 11) is -0.594. The van der Waals surface area contributed by atoms with Crippen molar-refractivity contribution >= 4 is 22.4 Å². The Labute approximate surface area is 135 Å². The van der Waals surface area contributed by atoms with Gasteiger partial charge in [-0.2, -0.15) is 18.3 Å². The number of benzene rings is 1. The Bertz CT molecular complexity index is 864. The molecule has 0 amide bonds. The van der Waals surface area contributed by atoms with E-state index in [2.05, 4.69) is 5.10 Å². The summed E-state index contributed by atoms with van der Waals surface area (Å²) in [5.41, 5.74) is -3.26. The first kappa shape index (κ1) is 17.6. The van der Waals surface area contributed by atoms with Crippen molar-refractivity contribution in [2.45, 2.75) is 11.1 Å². The van der Waals surface area contributed by atoms with Gasteiger partial charge in [-0.15, -0.1) is 0 Å². The Hall–Kier alpha value is -1.74. The maximum atomic E-state index is 14.0. The number of aryl methyl sites for hydroxylation is 1. The SMILES string of the molecule is Cn1nc(-c2cc(S(C)=O)c(Cl)cc2F)c(=O)cc1C(F)(F)F. The zero-order valence-corrected chi connectivity index (χ0v) is 13.3. The van der Waals surface area contributed by atoms with E-state index in [0.29, 0.717) is 10.7 Å². The van der Waals surface area contributed by atoms with Crippen molar-refractivity contribution < 1.29 is 21.8 Å². The molecule has 1 unspecified atom stereocenters. The van der Waals surface area contributed by atoms with Crippen LogP contribution in [0.25, 0.3) is 11.3 Å². The van der Waals surface area contributed by atoms with Crippen LogP contribution in [0.1, 0.15) is 5.69 Å². The molecular formula is C13H9ClF4N2O2S. The Morgan fingerprint density at radius 3 is 2.39 bits per heavy atom. The Kier molecular flexibility index (Phi) is 4.63. The average Bonchev–Trinajstić information content (AvgIpc) is 2.39. The van der Waals surface area contributed by atoms with E-state index in [4.69, 9.17) is 11.6 Å². The molecule has 1 atom stereocenters. The largest absolute Gasteiger partial charge is 0.433 e. The van der Waals surface area contributed by atoms with Crippen LogP contribution >= 0.6 is 11.6 Å². The van der Waals surface area contributed by atoms with Crippen LogP contribution < -0.4 is 5.43 Å². The summed E-state index contributed by atoms with van der Waals surface area (Å²) in [6.07, 6.45) is -3.48. The molecule has 1 heterocycles. The lowest BCUT2D eigenvalue weighted by Crippen LogP contribution is -2.23. The summed E-state index contributed by atoms with van der Waals surface area (Å²) in [5.74, 6) is -0.950. The second-order valence-electron chi connectivity index (χ2n) is 4.58.